The topological polar surface area (TPSA) is 29.1 Å². The van der Waals surface area contributed by atoms with Crippen LogP contribution in [0.25, 0.3) is 0 Å². The van der Waals surface area contributed by atoms with Gasteiger partial charge in [0.1, 0.15) is 0 Å². The Kier molecular flexibility index (Phi) is 3.74. The van der Waals surface area contributed by atoms with Gasteiger partial charge in [-0.1, -0.05) is 24.1 Å². The fraction of sp³-hybridized carbons (Fsp3) is 0.182. The Balaban J connectivity index is 2.62. The van der Waals surface area contributed by atoms with E-state index in [1.165, 1.54) is 0 Å². The lowest BCUT2D eigenvalue weighted by Gasteiger charge is -1.88. The monoisotopic (exact) mass is 173 g/mol. The molecule has 0 amide bonds. The zero-order chi connectivity index (χ0) is 9.52. The average Bonchev–Trinajstić information content (AvgIpc) is 2.17. The van der Waals surface area contributed by atoms with Crippen molar-refractivity contribution in [3.8, 4) is 11.8 Å². The molecule has 0 aromatic heterocycles. The Bertz CT molecular complexity index is 332. The summed E-state index contributed by atoms with van der Waals surface area (Å²) in [6.07, 6.45) is 0. The Hall–Kier alpha value is -1.59. The molecule has 0 fully saturated rings. The second-order valence-corrected chi connectivity index (χ2v) is 2.57. The summed E-state index contributed by atoms with van der Waals surface area (Å²) in [6.45, 7) is 0.305. The maximum Gasteiger partial charge on any atom is 0.219 e. The molecule has 13 heavy (non-hydrogen) atoms. The minimum Gasteiger partial charge on any atom is -0.312 e. The van der Waals surface area contributed by atoms with E-state index in [1.807, 2.05) is 30.3 Å². The first kappa shape index (κ1) is 9.50. The van der Waals surface area contributed by atoms with Crippen LogP contribution in [0.15, 0.2) is 30.3 Å². The second kappa shape index (κ2) is 5.13. The van der Waals surface area contributed by atoms with Gasteiger partial charge in [-0.3, -0.25) is 4.79 Å². The zero-order valence-corrected chi connectivity index (χ0v) is 7.50. The Morgan fingerprint density at radius 3 is 2.69 bits per heavy atom. The first-order valence-corrected chi connectivity index (χ1v) is 4.07. The van der Waals surface area contributed by atoms with Crippen molar-refractivity contribution in [2.24, 2.45) is 0 Å². The number of carbonyl (C=O) groups is 1. The molecule has 0 spiro atoms. The molecule has 1 aromatic rings. The highest BCUT2D eigenvalue weighted by Gasteiger charge is 1.91. The third kappa shape index (κ3) is 3.55. The first-order chi connectivity index (χ1) is 6.33. The summed E-state index contributed by atoms with van der Waals surface area (Å²) in [4.78, 5) is 11.0. The molecule has 0 aliphatic heterocycles. The number of likely N-dealkylation sites (N-methyl/N-ethyl adjacent to an activating group) is 1. The number of benzene rings is 1. The number of hydrogen-bond acceptors (Lipinski definition) is 2. The third-order valence-corrected chi connectivity index (χ3v) is 1.46. The van der Waals surface area contributed by atoms with Crippen molar-refractivity contribution < 1.29 is 4.79 Å². The summed E-state index contributed by atoms with van der Waals surface area (Å²) >= 11 is 0. The lowest BCUT2D eigenvalue weighted by molar-refractivity contribution is -0.112. The van der Waals surface area contributed by atoms with Crippen LogP contribution in [0.1, 0.15) is 5.56 Å². The van der Waals surface area contributed by atoms with E-state index in [-0.39, 0.29) is 5.78 Å². The molecule has 2 nitrogen and oxygen atoms in total. The van der Waals surface area contributed by atoms with Crippen molar-refractivity contribution in [2.45, 2.75) is 0 Å². The molecule has 0 unspecified atom stereocenters. The largest absolute Gasteiger partial charge is 0.312 e. The highest BCUT2D eigenvalue weighted by molar-refractivity contribution is 5.97. The summed E-state index contributed by atoms with van der Waals surface area (Å²) in [5.74, 6) is 5.25. The summed E-state index contributed by atoms with van der Waals surface area (Å²) < 4.78 is 0. The number of nitrogens with one attached hydrogen (secondary N) is 1. The molecular formula is C11H11NO. The van der Waals surface area contributed by atoms with Crippen LogP contribution in [0, 0.1) is 11.8 Å². The maximum atomic E-state index is 11.0. The van der Waals surface area contributed by atoms with E-state index in [0.717, 1.165) is 5.56 Å². The molecule has 0 bridgehead atoms. The molecule has 0 saturated carbocycles. The molecule has 0 aliphatic carbocycles. The van der Waals surface area contributed by atoms with Gasteiger partial charge >= 0.3 is 0 Å². The van der Waals surface area contributed by atoms with Crippen LogP contribution < -0.4 is 5.32 Å². The minimum absolute atomic E-state index is 0.0913. The first-order valence-electron chi connectivity index (χ1n) is 4.07. The van der Waals surface area contributed by atoms with Crippen LogP contribution in [0.3, 0.4) is 0 Å². The Morgan fingerprint density at radius 1 is 1.38 bits per heavy atom. The zero-order valence-electron chi connectivity index (χ0n) is 7.50. The van der Waals surface area contributed by atoms with Crippen molar-refractivity contribution >= 4 is 5.78 Å². The fourth-order valence-electron chi connectivity index (χ4n) is 0.868. The molecule has 0 radical (unpaired) electrons. The van der Waals surface area contributed by atoms with Crippen molar-refractivity contribution in [3.63, 3.8) is 0 Å². The minimum atomic E-state index is -0.0913. The van der Waals surface area contributed by atoms with Gasteiger partial charge in [-0.25, -0.2) is 0 Å². The number of carbonyl (C=O) groups excluding carboxylic acids is 1. The van der Waals surface area contributed by atoms with Gasteiger partial charge in [0.25, 0.3) is 0 Å². The van der Waals surface area contributed by atoms with E-state index >= 15 is 0 Å². The molecule has 0 atom stereocenters. The molecule has 1 N–H and O–H groups in total. The van der Waals surface area contributed by atoms with Gasteiger partial charge in [0.2, 0.25) is 5.78 Å². The van der Waals surface area contributed by atoms with Gasteiger partial charge < -0.3 is 5.32 Å². The maximum absolute atomic E-state index is 11.0. The van der Waals surface area contributed by atoms with Crippen LogP contribution in [0.2, 0.25) is 0 Å². The normalized spacial score (nSPS) is 8.69. The van der Waals surface area contributed by atoms with Gasteiger partial charge in [0, 0.05) is 5.56 Å². The van der Waals surface area contributed by atoms with E-state index in [1.54, 1.807) is 7.05 Å². The number of ketones is 1. The average molecular weight is 173 g/mol. The molecule has 0 heterocycles. The van der Waals surface area contributed by atoms with Crippen LogP contribution in [0.5, 0.6) is 0 Å². The van der Waals surface area contributed by atoms with Gasteiger partial charge in [-0.15, -0.1) is 0 Å². The Morgan fingerprint density at radius 2 is 2.08 bits per heavy atom. The van der Waals surface area contributed by atoms with Crippen LogP contribution in [-0.2, 0) is 4.79 Å². The number of Topliss-reactive ketones (excluding diaryl/α,β-unsaturated/α-hetero) is 1. The van der Waals surface area contributed by atoms with Crippen LogP contribution >= 0.6 is 0 Å². The summed E-state index contributed by atoms with van der Waals surface area (Å²) in [6, 6.07) is 9.46. The van der Waals surface area contributed by atoms with E-state index in [2.05, 4.69) is 17.2 Å². The predicted molar refractivity (Wildman–Crippen MR) is 52.3 cm³/mol. The highest BCUT2D eigenvalue weighted by Crippen LogP contribution is 1.94. The SMILES string of the molecule is CNCC(=O)C#Cc1ccccc1. The Labute approximate surface area is 78.0 Å². The fourth-order valence-corrected chi connectivity index (χ4v) is 0.868. The summed E-state index contributed by atoms with van der Waals surface area (Å²) in [7, 11) is 1.72. The van der Waals surface area contributed by atoms with Crippen molar-refractivity contribution in [1.82, 2.24) is 5.32 Å². The summed E-state index contributed by atoms with van der Waals surface area (Å²) in [5.41, 5.74) is 0.868. The van der Waals surface area contributed by atoms with Crippen LogP contribution in [-0.4, -0.2) is 19.4 Å². The smallest absolute Gasteiger partial charge is 0.219 e. The van der Waals surface area contributed by atoms with Crippen molar-refractivity contribution in [2.75, 3.05) is 13.6 Å². The molecule has 0 aliphatic rings. The van der Waals surface area contributed by atoms with E-state index < -0.39 is 0 Å². The van der Waals surface area contributed by atoms with Crippen molar-refractivity contribution in [1.29, 1.82) is 0 Å². The second-order valence-electron chi connectivity index (χ2n) is 2.57. The van der Waals surface area contributed by atoms with Crippen molar-refractivity contribution in [3.05, 3.63) is 35.9 Å². The van der Waals surface area contributed by atoms with Gasteiger partial charge in [-0.05, 0) is 25.1 Å². The molecule has 1 rings (SSSR count). The summed E-state index contributed by atoms with van der Waals surface area (Å²) in [5, 5.41) is 2.75. The number of hydrogen-bond donors (Lipinski definition) is 1. The van der Waals surface area contributed by atoms with Gasteiger partial charge in [0.05, 0.1) is 6.54 Å². The predicted octanol–water partition coefficient (Wildman–Crippen LogP) is 0.827. The molecule has 0 saturated heterocycles. The molecule has 66 valence electrons. The molecule has 2 heteroatoms. The van der Waals surface area contributed by atoms with E-state index in [0.29, 0.717) is 6.54 Å². The lowest BCUT2D eigenvalue weighted by atomic mass is 10.2. The standard InChI is InChI=1S/C11H11NO/c1-12-9-11(13)8-7-10-5-3-2-4-6-10/h2-6,12H,9H2,1H3. The number of rotatable bonds is 2. The van der Waals surface area contributed by atoms with E-state index in [4.69, 9.17) is 0 Å². The molecule has 1 aromatic carbocycles. The van der Waals surface area contributed by atoms with Gasteiger partial charge in [0.15, 0.2) is 0 Å². The van der Waals surface area contributed by atoms with E-state index in [9.17, 15) is 4.79 Å². The molecular weight excluding hydrogens is 162 g/mol. The highest BCUT2D eigenvalue weighted by atomic mass is 16.1. The van der Waals surface area contributed by atoms with Gasteiger partial charge in [-0.2, -0.15) is 0 Å². The quantitative estimate of drug-likeness (QED) is 0.671. The van der Waals surface area contributed by atoms with Crippen LogP contribution in [0.4, 0.5) is 0 Å². The lowest BCUT2D eigenvalue weighted by Crippen LogP contribution is -2.16. The third-order valence-electron chi connectivity index (χ3n) is 1.46.